The minimum Gasteiger partial charge on any atom is -0.369 e. The minimum atomic E-state index is 0.819. The highest BCUT2D eigenvalue weighted by molar-refractivity contribution is 7.13. The number of benzene rings is 2. The Kier molecular flexibility index (Phi) is 5.46. The molecule has 5 heteroatoms. The van der Waals surface area contributed by atoms with Gasteiger partial charge in [-0.3, -0.25) is 9.38 Å². The van der Waals surface area contributed by atoms with Gasteiger partial charge >= 0.3 is 0 Å². The summed E-state index contributed by atoms with van der Waals surface area (Å²) in [5.41, 5.74) is 5.07. The smallest absolute Gasteiger partial charge is 0.157 e. The van der Waals surface area contributed by atoms with Crippen LogP contribution >= 0.6 is 11.3 Å². The van der Waals surface area contributed by atoms with Crippen LogP contribution in [-0.4, -0.2) is 20.9 Å². The second-order valence-corrected chi connectivity index (χ2v) is 8.00. The highest BCUT2D eigenvalue weighted by Crippen LogP contribution is 2.33. The number of nitrogens with one attached hydrogen (secondary N) is 1. The third-order valence-electron chi connectivity index (χ3n) is 4.94. The van der Waals surface area contributed by atoms with E-state index in [1.165, 1.54) is 5.56 Å². The monoisotopic (exact) mass is 420 g/mol. The van der Waals surface area contributed by atoms with E-state index in [9.17, 15) is 0 Å². The Bertz CT molecular complexity index is 1360. The first kappa shape index (κ1) is 19.1. The molecule has 0 saturated heterocycles. The van der Waals surface area contributed by atoms with Gasteiger partial charge in [-0.15, -0.1) is 11.3 Å². The van der Waals surface area contributed by atoms with Crippen molar-refractivity contribution in [2.75, 3.05) is 11.9 Å². The molecular weight excluding hydrogens is 400 g/mol. The zero-order valence-electron chi connectivity index (χ0n) is 16.8. The maximum atomic E-state index is 4.84. The Labute approximate surface area is 185 Å². The van der Waals surface area contributed by atoms with E-state index in [-0.39, 0.29) is 0 Å². The molecule has 0 unspecified atom stereocenters. The zero-order chi connectivity index (χ0) is 20.9. The predicted octanol–water partition coefficient (Wildman–Crippen LogP) is 5.51. The number of fused-ring (bicyclic) bond motifs is 1. The van der Waals surface area contributed by atoms with E-state index in [0.29, 0.717) is 0 Å². The van der Waals surface area contributed by atoms with Crippen LogP contribution in [0.1, 0.15) is 16.7 Å². The molecule has 3 heterocycles. The maximum absolute atomic E-state index is 4.84. The predicted molar refractivity (Wildman–Crippen MR) is 127 cm³/mol. The fourth-order valence-corrected chi connectivity index (χ4v) is 4.24. The van der Waals surface area contributed by atoms with E-state index >= 15 is 0 Å². The molecule has 0 saturated carbocycles. The molecule has 31 heavy (non-hydrogen) atoms. The average molecular weight is 421 g/mol. The largest absolute Gasteiger partial charge is 0.369 e. The van der Waals surface area contributed by atoms with Gasteiger partial charge in [-0.2, -0.15) is 0 Å². The molecule has 0 amide bonds. The van der Waals surface area contributed by atoms with Crippen molar-refractivity contribution in [1.29, 1.82) is 0 Å². The quantitative estimate of drug-likeness (QED) is 0.381. The van der Waals surface area contributed by atoms with Crippen LogP contribution in [0.4, 0.5) is 5.82 Å². The lowest BCUT2D eigenvalue weighted by Crippen LogP contribution is -2.07. The Morgan fingerprint density at radius 2 is 1.71 bits per heavy atom. The van der Waals surface area contributed by atoms with Gasteiger partial charge in [-0.05, 0) is 30.2 Å². The van der Waals surface area contributed by atoms with Crippen molar-refractivity contribution < 1.29 is 0 Å². The Balaban J connectivity index is 1.42. The number of anilines is 1. The van der Waals surface area contributed by atoms with E-state index < -0.39 is 0 Å². The third-order valence-corrected chi connectivity index (χ3v) is 5.87. The van der Waals surface area contributed by atoms with Crippen molar-refractivity contribution in [2.45, 2.75) is 6.42 Å². The number of hydrogen-bond acceptors (Lipinski definition) is 4. The second-order valence-electron chi connectivity index (χ2n) is 7.09. The normalized spacial score (nSPS) is 10.6. The van der Waals surface area contributed by atoms with Crippen molar-refractivity contribution in [1.82, 2.24) is 14.4 Å². The Morgan fingerprint density at radius 1 is 0.935 bits per heavy atom. The molecule has 4 nitrogen and oxygen atoms in total. The van der Waals surface area contributed by atoms with Gasteiger partial charge in [0.05, 0.1) is 11.1 Å². The second kappa shape index (κ2) is 8.86. The summed E-state index contributed by atoms with van der Waals surface area (Å²) in [6, 6.07) is 22.6. The number of thiophene rings is 1. The van der Waals surface area contributed by atoms with E-state index in [4.69, 9.17) is 4.98 Å². The number of hydrogen-bond donors (Lipinski definition) is 1. The first-order valence-electron chi connectivity index (χ1n) is 10.1. The van der Waals surface area contributed by atoms with Crippen LogP contribution in [0.2, 0.25) is 0 Å². The lowest BCUT2D eigenvalue weighted by molar-refractivity contribution is 0.996. The molecule has 0 radical (unpaired) electrons. The molecule has 5 aromatic rings. The van der Waals surface area contributed by atoms with Gasteiger partial charge in [0, 0.05) is 35.4 Å². The summed E-state index contributed by atoms with van der Waals surface area (Å²) < 4.78 is 2.06. The summed E-state index contributed by atoms with van der Waals surface area (Å²) in [6.07, 6.45) is 6.46. The van der Waals surface area contributed by atoms with Gasteiger partial charge in [0.1, 0.15) is 11.5 Å². The van der Waals surface area contributed by atoms with Crippen molar-refractivity contribution in [3.8, 4) is 22.4 Å². The van der Waals surface area contributed by atoms with Crippen LogP contribution in [0, 0.1) is 11.8 Å². The van der Waals surface area contributed by atoms with E-state index in [1.807, 2.05) is 42.6 Å². The molecular formula is C26H20N4S. The molecule has 0 fully saturated rings. The molecule has 1 N–H and O–H groups in total. The Morgan fingerprint density at radius 3 is 2.55 bits per heavy atom. The van der Waals surface area contributed by atoms with E-state index in [0.717, 1.165) is 46.1 Å². The molecule has 0 bridgehead atoms. The lowest BCUT2D eigenvalue weighted by Gasteiger charge is -2.08. The maximum Gasteiger partial charge on any atom is 0.157 e. The molecule has 0 aliphatic rings. The fraction of sp³-hybridized carbons (Fsp3) is 0.0769. The Hall–Kier alpha value is -3.88. The number of aromatic nitrogens is 3. The molecule has 0 spiro atoms. The summed E-state index contributed by atoms with van der Waals surface area (Å²) in [7, 11) is 0. The van der Waals surface area contributed by atoms with Crippen molar-refractivity contribution in [3.05, 3.63) is 107 Å². The van der Waals surface area contributed by atoms with Crippen LogP contribution < -0.4 is 5.32 Å². The van der Waals surface area contributed by atoms with Gasteiger partial charge in [-0.25, -0.2) is 4.98 Å². The number of imidazole rings is 1. The SMILES string of the molecule is C(#Cc1csc(-c2nc3cnccn3c2NCCc2ccccc2)c1)c1ccccc1. The third kappa shape index (κ3) is 4.35. The van der Waals surface area contributed by atoms with Crippen LogP contribution in [0.15, 0.2) is 90.7 Å². The van der Waals surface area contributed by atoms with Crippen molar-refractivity contribution in [3.63, 3.8) is 0 Å². The van der Waals surface area contributed by atoms with Gasteiger partial charge in [-0.1, -0.05) is 60.4 Å². The van der Waals surface area contributed by atoms with Crippen LogP contribution in [-0.2, 0) is 6.42 Å². The summed E-state index contributed by atoms with van der Waals surface area (Å²) in [5.74, 6) is 7.47. The molecule has 5 rings (SSSR count). The van der Waals surface area contributed by atoms with Gasteiger partial charge < -0.3 is 5.32 Å². The fourth-order valence-electron chi connectivity index (χ4n) is 3.41. The highest BCUT2D eigenvalue weighted by atomic mass is 32.1. The van der Waals surface area contributed by atoms with E-state index in [2.05, 4.69) is 62.3 Å². The molecule has 0 aliphatic heterocycles. The first-order valence-corrected chi connectivity index (χ1v) is 11.0. The molecule has 150 valence electrons. The number of nitrogens with zero attached hydrogens (tertiary/aromatic N) is 3. The molecule has 2 aromatic carbocycles. The van der Waals surface area contributed by atoms with Crippen molar-refractivity contribution >= 4 is 22.8 Å². The van der Waals surface area contributed by atoms with Gasteiger partial charge in [0.2, 0.25) is 0 Å². The number of rotatable bonds is 5. The topological polar surface area (TPSA) is 42.2 Å². The average Bonchev–Trinajstić information content (AvgIpc) is 3.44. The summed E-state index contributed by atoms with van der Waals surface area (Å²) in [4.78, 5) is 10.2. The van der Waals surface area contributed by atoms with Crippen LogP contribution in [0.3, 0.4) is 0 Å². The molecule has 0 aliphatic carbocycles. The van der Waals surface area contributed by atoms with Crippen LogP contribution in [0.25, 0.3) is 16.2 Å². The van der Waals surface area contributed by atoms with Gasteiger partial charge in [0.25, 0.3) is 0 Å². The molecule has 3 aromatic heterocycles. The highest BCUT2D eigenvalue weighted by Gasteiger charge is 2.15. The summed E-state index contributed by atoms with van der Waals surface area (Å²) >= 11 is 1.66. The zero-order valence-corrected chi connectivity index (χ0v) is 17.6. The van der Waals surface area contributed by atoms with Crippen LogP contribution in [0.5, 0.6) is 0 Å². The summed E-state index contributed by atoms with van der Waals surface area (Å²) in [5, 5.41) is 5.68. The first-order chi connectivity index (χ1) is 15.4. The van der Waals surface area contributed by atoms with Crippen molar-refractivity contribution in [2.24, 2.45) is 0 Å². The lowest BCUT2D eigenvalue weighted by atomic mass is 10.1. The summed E-state index contributed by atoms with van der Waals surface area (Å²) in [6.45, 7) is 0.819. The van der Waals surface area contributed by atoms with E-state index in [1.54, 1.807) is 23.7 Å². The minimum absolute atomic E-state index is 0.819. The van der Waals surface area contributed by atoms with Gasteiger partial charge in [0.15, 0.2) is 5.65 Å². The molecule has 0 atom stereocenters. The standard InChI is InChI=1S/C26H20N4S/c1-3-7-20(8-4-1)11-12-22-17-23(31-19-22)25-26(30-16-15-27-18-24(30)29-25)28-14-13-21-9-5-2-6-10-21/h1-10,15-19,28H,13-14H2.